The van der Waals surface area contributed by atoms with Crippen molar-refractivity contribution < 1.29 is 17.6 Å². The number of alkyl halides is 3. The third kappa shape index (κ3) is 2.40. The summed E-state index contributed by atoms with van der Waals surface area (Å²) in [5.74, 6) is -1.35. The van der Waals surface area contributed by atoms with Crippen LogP contribution in [-0.4, -0.2) is 19.5 Å². The van der Waals surface area contributed by atoms with Crippen molar-refractivity contribution in [1.29, 1.82) is 0 Å². The molecule has 0 aliphatic heterocycles. The maximum atomic E-state index is 13.5. The number of aromatic nitrogens is 4. The van der Waals surface area contributed by atoms with E-state index in [1.54, 1.807) is 0 Å². The first-order valence-corrected chi connectivity index (χ1v) is 6.47. The van der Waals surface area contributed by atoms with Crippen molar-refractivity contribution in [2.75, 3.05) is 0 Å². The lowest BCUT2D eigenvalue weighted by Crippen LogP contribution is -2.14. The summed E-state index contributed by atoms with van der Waals surface area (Å²) < 4.78 is 53.8. The summed E-state index contributed by atoms with van der Waals surface area (Å²) in [4.78, 5) is 11.1. The second-order valence-electron chi connectivity index (χ2n) is 4.60. The number of imidazole rings is 1. The summed E-state index contributed by atoms with van der Waals surface area (Å²) in [5, 5.41) is 0.195. The zero-order valence-electron chi connectivity index (χ0n) is 11.4. The Balaban J connectivity index is 2.37. The van der Waals surface area contributed by atoms with Crippen molar-refractivity contribution in [2.24, 2.45) is 0 Å². The van der Waals surface area contributed by atoms with E-state index < -0.39 is 17.8 Å². The molecule has 8 heteroatoms. The SMILES string of the molecule is CCc1nccn1-c1nc(C(F)(F)F)nc2ccc(F)cc12. The van der Waals surface area contributed by atoms with Gasteiger partial charge in [-0.1, -0.05) is 6.92 Å². The van der Waals surface area contributed by atoms with Crippen LogP contribution in [0.25, 0.3) is 16.7 Å². The van der Waals surface area contributed by atoms with E-state index in [1.807, 2.05) is 6.92 Å². The number of halogens is 4. The first-order chi connectivity index (χ1) is 10.4. The molecule has 0 fully saturated rings. The van der Waals surface area contributed by atoms with E-state index in [0.717, 1.165) is 12.1 Å². The van der Waals surface area contributed by atoms with Gasteiger partial charge in [0.25, 0.3) is 0 Å². The second kappa shape index (κ2) is 5.04. The molecule has 2 aromatic heterocycles. The number of rotatable bonds is 2. The van der Waals surface area contributed by atoms with Gasteiger partial charge in [0.15, 0.2) is 0 Å². The molecule has 0 radical (unpaired) electrons. The number of hydrogen-bond donors (Lipinski definition) is 0. The van der Waals surface area contributed by atoms with Crippen molar-refractivity contribution >= 4 is 10.9 Å². The fourth-order valence-electron chi connectivity index (χ4n) is 2.18. The second-order valence-corrected chi connectivity index (χ2v) is 4.60. The van der Waals surface area contributed by atoms with Gasteiger partial charge >= 0.3 is 6.18 Å². The summed E-state index contributed by atoms with van der Waals surface area (Å²) in [6.07, 6.45) is -1.25. The molecule has 0 saturated carbocycles. The molecule has 0 N–H and O–H groups in total. The molecule has 0 amide bonds. The van der Waals surface area contributed by atoms with Crippen LogP contribution in [0.4, 0.5) is 17.6 Å². The standard InChI is InChI=1S/C14H10F4N4/c1-2-11-19-5-6-22(11)12-9-7-8(15)3-4-10(9)20-13(21-12)14(16,17)18/h3-7H,2H2,1H3. The Kier molecular flexibility index (Phi) is 3.31. The predicted molar refractivity (Wildman–Crippen MR) is 71.0 cm³/mol. The molecular weight excluding hydrogens is 300 g/mol. The average Bonchev–Trinajstić information content (AvgIpc) is 2.93. The Morgan fingerprint density at radius 3 is 2.64 bits per heavy atom. The van der Waals surface area contributed by atoms with Crippen molar-refractivity contribution in [3.05, 3.63) is 48.1 Å². The zero-order chi connectivity index (χ0) is 15.9. The Hall–Kier alpha value is -2.51. The predicted octanol–water partition coefficient (Wildman–Crippen LogP) is 3.54. The lowest BCUT2D eigenvalue weighted by molar-refractivity contribution is -0.144. The van der Waals surface area contributed by atoms with Gasteiger partial charge in [0, 0.05) is 24.2 Å². The van der Waals surface area contributed by atoms with Crippen molar-refractivity contribution in [2.45, 2.75) is 19.5 Å². The van der Waals surface area contributed by atoms with Gasteiger partial charge < -0.3 is 0 Å². The molecule has 0 spiro atoms. The van der Waals surface area contributed by atoms with Crippen LogP contribution in [0.1, 0.15) is 18.6 Å². The minimum atomic E-state index is -4.69. The van der Waals surface area contributed by atoms with Crippen LogP contribution in [0.3, 0.4) is 0 Å². The van der Waals surface area contributed by atoms with Gasteiger partial charge in [-0.05, 0) is 18.2 Å². The molecule has 3 rings (SSSR count). The first kappa shape index (κ1) is 14.4. The third-order valence-electron chi connectivity index (χ3n) is 3.15. The summed E-state index contributed by atoms with van der Waals surface area (Å²) >= 11 is 0. The molecule has 4 nitrogen and oxygen atoms in total. The quantitative estimate of drug-likeness (QED) is 0.680. The van der Waals surface area contributed by atoms with E-state index in [2.05, 4.69) is 15.0 Å². The lowest BCUT2D eigenvalue weighted by Gasteiger charge is -2.12. The van der Waals surface area contributed by atoms with Crippen LogP contribution >= 0.6 is 0 Å². The summed E-state index contributed by atoms with van der Waals surface area (Å²) in [6, 6.07) is 3.38. The van der Waals surface area contributed by atoms with Crippen LogP contribution in [0.5, 0.6) is 0 Å². The highest BCUT2D eigenvalue weighted by Gasteiger charge is 2.36. The van der Waals surface area contributed by atoms with Crippen LogP contribution in [0.2, 0.25) is 0 Å². The van der Waals surface area contributed by atoms with Gasteiger partial charge in [-0.3, -0.25) is 4.57 Å². The molecule has 2 heterocycles. The average molecular weight is 310 g/mol. The van der Waals surface area contributed by atoms with Crippen LogP contribution in [0, 0.1) is 5.82 Å². The van der Waals surface area contributed by atoms with E-state index in [-0.39, 0.29) is 16.7 Å². The smallest absolute Gasteiger partial charge is 0.287 e. The molecule has 1 aromatic carbocycles. The Morgan fingerprint density at radius 1 is 1.18 bits per heavy atom. The van der Waals surface area contributed by atoms with Crippen molar-refractivity contribution in [3.63, 3.8) is 0 Å². The normalized spacial score (nSPS) is 12.0. The minimum Gasteiger partial charge on any atom is -0.287 e. The first-order valence-electron chi connectivity index (χ1n) is 6.47. The van der Waals surface area contributed by atoms with Gasteiger partial charge in [0.1, 0.15) is 17.5 Å². The monoisotopic (exact) mass is 310 g/mol. The molecule has 0 saturated heterocycles. The highest BCUT2D eigenvalue weighted by molar-refractivity contribution is 5.85. The number of benzene rings is 1. The van der Waals surface area contributed by atoms with E-state index in [0.29, 0.717) is 12.2 Å². The molecule has 114 valence electrons. The summed E-state index contributed by atoms with van der Waals surface area (Å²) in [6.45, 7) is 1.81. The molecule has 3 aromatic rings. The van der Waals surface area contributed by atoms with Crippen LogP contribution in [-0.2, 0) is 12.6 Å². The summed E-state index contributed by atoms with van der Waals surface area (Å²) in [5.41, 5.74) is 0.0227. The third-order valence-corrected chi connectivity index (χ3v) is 3.15. The van der Waals surface area contributed by atoms with E-state index in [1.165, 1.54) is 23.0 Å². The van der Waals surface area contributed by atoms with Gasteiger partial charge in [0.2, 0.25) is 5.82 Å². The Morgan fingerprint density at radius 2 is 1.95 bits per heavy atom. The molecule has 0 bridgehead atoms. The fraction of sp³-hybridized carbons (Fsp3) is 0.214. The minimum absolute atomic E-state index is 0.0227. The molecule has 0 aliphatic rings. The van der Waals surface area contributed by atoms with E-state index in [4.69, 9.17) is 0 Å². The highest BCUT2D eigenvalue weighted by Crippen LogP contribution is 2.30. The number of fused-ring (bicyclic) bond motifs is 1. The van der Waals surface area contributed by atoms with Gasteiger partial charge in [-0.2, -0.15) is 13.2 Å². The molecular formula is C14H10F4N4. The van der Waals surface area contributed by atoms with E-state index >= 15 is 0 Å². The number of nitrogens with zero attached hydrogens (tertiary/aromatic N) is 4. The Bertz CT molecular complexity index is 838. The van der Waals surface area contributed by atoms with Crippen LogP contribution < -0.4 is 0 Å². The lowest BCUT2D eigenvalue weighted by atomic mass is 10.2. The maximum absolute atomic E-state index is 13.5. The topological polar surface area (TPSA) is 43.6 Å². The number of aryl methyl sites for hydroxylation is 1. The fourth-order valence-corrected chi connectivity index (χ4v) is 2.18. The molecule has 0 aliphatic carbocycles. The maximum Gasteiger partial charge on any atom is 0.451 e. The van der Waals surface area contributed by atoms with E-state index in [9.17, 15) is 17.6 Å². The van der Waals surface area contributed by atoms with Crippen molar-refractivity contribution in [3.8, 4) is 5.82 Å². The van der Waals surface area contributed by atoms with Gasteiger partial charge in [0.05, 0.1) is 5.52 Å². The molecule has 0 unspecified atom stereocenters. The zero-order valence-corrected chi connectivity index (χ0v) is 11.4. The largest absolute Gasteiger partial charge is 0.451 e. The molecule has 22 heavy (non-hydrogen) atoms. The van der Waals surface area contributed by atoms with Gasteiger partial charge in [-0.15, -0.1) is 0 Å². The van der Waals surface area contributed by atoms with Gasteiger partial charge in [-0.25, -0.2) is 19.3 Å². The van der Waals surface area contributed by atoms with Crippen molar-refractivity contribution in [1.82, 2.24) is 19.5 Å². The summed E-state index contributed by atoms with van der Waals surface area (Å²) in [7, 11) is 0. The highest BCUT2D eigenvalue weighted by atomic mass is 19.4. The number of hydrogen-bond acceptors (Lipinski definition) is 3. The Labute approximate surface area is 122 Å². The molecule has 0 atom stereocenters. The van der Waals surface area contributed by atoms with Crippen LogP contribution in [0.15, 0.2) is 30.6 Å².